The van der Waals surface area contributed by atoms with E-state index in [1.807, 2.05) is 178 Å². The first-order valence-electron chi connectivity index (χ1n) is 40.5. The smallest absolute Gasteiger partial charge is 0.306 e. The maximum atomic E-state index is 12.9. The van der Waals surface area contributed by atoms with E-state index in [-0.39, 0.29) is 103 Å². The Hall–Kier alpha value is -8.30. The fraction of sp³-hybridized carbons (Fsp3) is 0.522. The zero-order chi connectivity index (χ0) is 82.9. The Kier molecular flexibility index (Phi) is 36.2. The Bertz CT molecular complexity index is 4190. The molecule has 4 saturated carbocycles. The van der Waals surface area contributed by atoms with Crippen LogP contribution in [0.15, 0.2) is 151 Å². The predicted octanol–water partition coefficient (Wildman–Crippen LogP) is 17.8. The molecular formula is C92H120BrCl3N6O14. The summed E-state index contributed by atoms with van der Waals surface area (Å²) in [6.07, 6.45) is 15.1. The largest absolute Gasteiger partial charge is 0.497 e. The van der Waals surface area contributed by atoms with Crippen molar-refractivity contribution in [2.75, 3.05) is 79.6 Å². The van der Waals surface area contributed by atoms with E-state index in [1.54, 1.807) is 52.7 Å². The van der Waals surface area contributed by atoms with Gasteiger partial charge in [0, 0.05) is 113 Å². The molecule has 8 fully saturated rings. The van der Waals surface area contributed by atoms with Gasteiger partial charge >= 0.3 is 11.9 Å². The van der Waals surface area contributed by atoms with Crippen molar-refractivity contribution >= 4 is 105 Å². The number of hydrogen-bond donors (Lipinski definition) is 2. The summed E-state index contributed by atoms with van der Waals surface area (Å²) in [5.41, 5.74) is 11.2. The molecule has 3 N–H and O–H groups in total. The molecule has 0 bridgehead atoms. The van der Waals surface area contributed by atoms with E-state index in [0.29, 0.717) is 105 Å². The molecule has 24 heteroatoms. The highest BCUT2D eigenvalue weighted by molar-refractivity contribution is 9.09. The number of nitrogens with two attached hydrogens (primary N) is 1. The third kappa shape index (κ3) is 31.5. The van der Waals surface area contributed by atoms with Crippen LogP contribution in [-0.2, 0) is 54.3 Å². The summed E-state index contributed by atoms with van der Waals surface area (Å²) in [7, 11) is 6.56. The first kappa shape index (κ1) is 93.2. The number of likely N-dealkylation sites (tertiary alicyclic amines) is 3. The fourth-order valence-corrected chi connectivity index (χ4v) is 15.8. The summed E-state index contributed by atoms with van der Waals surface area (Å²) >= 11 is 14.9. The molecule has 630 valence electrons. The molecule has 116 heavy (non-hydrogen) atoms. The second-order valence-corrected chi connectivity index (χ2v) is 35.2. The van der Waals surface area contributed by atoms with Gasteiger partial charge in [0.1, 0.15) is 40.0 Å². The molecule has 4 saturated heterocycles. The number of Topliss-reactive ketones (excluding diaryl/α,β-unsaturated/α-hetero) is 1. The number of benzene rings is 6. The Morgan fingerprint density at radius 1 is 0.483 bits per heavy atom. The number of ether oxygens (including phenoxy) is 6. The Morgan fingerprint density at radius 2 is 0.819 bits per heavy atom. The summed E-state index contributed by atoms with van der Waals surface area (Å²) in [4.78, 5) is 106. The van der Waals surface area contributed by atoms with Gasteiger partial charge in [-0.2, -0.15) is 4.99 Å². The number of amides is 4. The minimum atomic E-state index is -0.495. The summed E-state index contributed by atoms with van der Waals surface area (Å²) in [6.45, 7) is 16.3. The van der Waals surface area contributed by atoms with Crippen LogP contribution < -0.4 is 30.0 Å². The topological polar surface area (TPSA) is 252 Å². The molecule has 14 rings (SSSR count). The first-order valence-corrected chi connectivity index (χ1v) is 42.4. The SMILES string of the molecule is BrCC1CC1.COc1ccc(C2CC(=O)N(CC3CC3)C[C@H]2CC(=O)Cc2ccc(Cl)cc2)cc1.COc1ccc(C2CC(=O)N(CC3CC3)C[C@H]2CC(=O)OC(C)(C)C)cc1.COc1ccc(C2CC(=O)N(CC3CC3)C[C@H]2N)cc1.COc1ccc(C2CC(=O)NC[C@H]2CC(=O)OC(C)(C)C)cc1.Cl.O=C=Nc1ccc(Cl)cc1.[2HH]. The van der Waals surface area contributed by atoms with Crippen LogP contribution in [0.25, 0.3) is 0 Å². The second kappa shape index (κ2) is 45.0. The number of nitrogens with zero attached hydrogens (tertiary/aromatic N) is 4. The number of hydrogen-bond acceptors (Lipinski definition) is 16. The van der Waals surface area contributed by atoms with E-state index in [4.69, 9.17) is 57.4 Å². The molecule has 4 aliphatic heterocycles. The van der Waals surface area contributed by atoms with E-state index in [0.717, 1.165) is 82.3 Å². The van der Waals surface area contributed by atoms with E-state index in [1.165, 1.54) is 62.8 Å². The van der Waals surface area contributed by atoms with Crippen LogP contribution in [-0.4, -0.2) is 159 Å². The van der Waals surface area contributed by atoms with Gasteiger partial charge in [0.2, 0.25) is 29.7 Å². The molecule has 4 heterocycles. The van der Waals surface area contributed by atoms with Gasteiger partial charge in [-0.1, -0.05) is 99.8 Å². The summed E-state index contributed by atoms with van der Waals surface area (Å²) in [5, 5.41) is 5.38. The van der Waals surface area contributed by atoms with Gasteiger partial charge in [-0.05, 0) is 265 Å². The molecule has 0 radical (unpaired) electrons. The number of isocyanates is 1. The fourth-order valence-electron chi connectivity index (χ4n) is 14.9. The number of carbonyl (C=O) groups excluding carboxylic acids is 8. The predicted molar refractivity (Wildman–Crippen MR) is 462 cm³/mol. The summed E-state index contributed by atoms with van der Waals surface area (Å²) in [5.74, 6) is 7.23. The van der Waals surface area contributed by atoms with Crippen LogP contribution in [0.3, 0.4) is 0 Å². The number of ketones is 1. The molecule has 0 spiro atoms. The lowest BCUT2D eigenvalue weighted by Crippen LogP contribution is -2.50. The van der Waals surface area contributed by atoms with E-state index in [2.05, 4.69) is 26.2 Å². The monoisotopic (exact) mass is 1720 g/mol. The van der Waals surface area contributed by atoms with Crippen LogP contribution in [0.1, 0.15) is 191 Å². The van der Waals surface area contributed by atoms with Gasteiger partial charge in [-0.25, -0.2) is 4.79 Å². The van der Waals surface area contributed by atoms with Gasteiger partial charge in [0.05, 0.1) is 47.0 Å². The maximum Gasteiger partial charge on any atom is 0.306 e. The number of aliphatic imine (C=N–C) groups is 1. The Labute approximate surface area is 711 Å². The van der Waals surface area contributed by atoms with Gasteiger partial charge in [0.15, 0.2) is 0 Å². The lowest BCUT2D eigenvalue weighted by molar-refractivity contribution is -0.158. The van der Waals surface area contributed by atoms with Crippen molar-refractivity contribution in [1.82, 2.24) is 20.0 Å². The minimum absolute atomic E-state index is 0. The van der Waals surface area contributed by atoms with E-state index >= 15 is 0 Å². The Morgan fingerprint density at radius 3 is 1.16 bits per heavy atom. The molecule has 4 amide bonds. The first-order chi connectivity index (χ1) is 55.0. The maximum absolute atomic E-state index is 12.9. The number of esters is 2. The second-order valence-electron chi connectivity index (χ2n) is 33.7. The Balaban J connectivity index is 0.000000203. The van der Waals surface area contributed by atoms with Crippen LogP contribution >= 0.6 is 51.5 Å². The lowest BCUT2D eigenvalue weighted by atomic mass is 9.77. The standard InChI is InChI=1S/C25H28ClNO3.C22H31NO4.C18H25NO4.C16H22N2O2.C7H4ClNO.C4H7Br.ClH.H2/c1-30-23-10-6-19(7-11-23)24-14-25(29)27(15-18-2-3-18)16-20(24)13-22(28)12-17-4-8-21(26)9-5-17;1-22(2,3)27-21(25)11-17-14-23(13-15-5-6-15)20(24)12-19(17)16-7-9-18(26-4)10-8-16;1-18(2,3)23-17(21)9-13-11-19-16(20)10-15(13)12-5-7-14(22-4)8-6-12;1-20-13-6-4-12(5-7-13)14-8-16(19)18(10-15(14)17)9-11-2-3-11;8-6-1-3-7(4-2-6)9-5-10;5-3-4-1-2-4;;/h4-11,18,20,24H,2-3,12-16H2,1H3;7-10,15,17,19H,5-6,11-14H2,1-4H3;5-8,13,15H,9-11H2,1-4H3,(H,19,20);4-7,11,14-15H,2-3,8-10,17H2,1H3;1-4H;4H,1-3H2;2*1H/t20-,24?;17-,19?;13-,15?;14?,15-;;;;/m1111..../s1/i;;;;;;;1+1. The van der Waals surface area contributed by atoms with Crippen molar-refractivity contribution < 1.29 is 68.2 Å². The van der Waals surface area contributed by atoms with Crippen molar-refractivity contribution in [3.63, 3.8) is 0 Å². The van der Waals surface area contributed by atoms with Crippen LogP contribution in [0.2, 0.25) is 10.0 Å². The van der Waals surface area contributed by atoms with E-state index < -0.39 is 11.2 Å². The number of methoxy groups -OCH3 is 4. The molecule has 6 aromatic rings. The zero-order valence-electron chi connectivity index (χ0n) is 68.9. The number of alkyl halides is 1. The number of carbonyl (C=O) groups is 7. The zero-order valence-corrected chi connectivity index (χ0v) is 72.8. The highest BCUT2D eigenvalue weighted by Crippen LogP contribution is 2.43. The normalized spacial score (nSPS) is 21.6. The molecule has 4 unspecified atom stereocenters. The highest BCUT2D eigenvalue weighted by Gasteiger charge is 2.42. The van der Waals surface area contributed by atoms with Gasteiger partial charge in [0.25, 0.3) is 0 Å². The van der Waals surface area contributed by atoms with Crippen LogP contribution in [0.5, 0.6) is 23.0 Å². The molecule has 8 aliphatic rings. The van der Waals surface area contributed by atoms with Gasteiger partial charge < -0.3 is 54.2 Å². The highest BCUT2D eigenvalue weighted by atomic mass is 79.9. The molecule has 20 nitrogen and oxygen atoms in total. The van der Waals surface area contributed by atoms with Crippen molar-refractivity contribution in [1.29, 1.82) is 0 Å². The van der Waals surface area contributed by atoms with Crippen LogP contribution in [0.4, 0.5) is 5.69 Å². The van der Waals surface area contributed by atoms with Gasteiger partial charge in [-0.3, -0.25) is 33.6 Å². The molecule has 6 aromatic carbocycles. The van der Waals surface area contributed by atoms with E-state index in [9.17, 15) is 38.4 Å². The third-order valence-corrected chi connectivity index (χ3v) is 23.3. The number of nitrogens with one attached hydrogen (secondary N) is 1. The van der Waals surface area contributed by atoms with Crippen LogP contribution in [0, 0.1) is 41.4 Å². The minimum Gasteiger partial charge on any atom is -0.497 e. The summed E-state index contributed by atoms with van der Waals surface area (Å²) < 4.78 is 31.8. The number of halogens is 4. The molecule has 8 atom stereocenters. The van der Waals surface area contributed by atoms with Gasteiger partial charge in [-0.15, -0.1) is 12.4 Å². The molecular weight excluding hydrogens is 1600 g/mol. The summed E-state index contributed by atoms with van der Waals surface area (Å²) in [6, 6.07) is 45.5. The quantitative estimate of drug-likeness (QED) is 0.0247. The molecule has 0 aromatic heterocycles. The average molecular weight is 1720 g/mol. The van der Waals surface area contributed by atoms with Crippen molar-refractivity contribution in [3.8, 4) is 23.0 Å². The van der Waals surface area contributed by atoms with Crippen molar-refractivity contribution in [3.05, 3.63) is 183 Å². The average Bonchev–Trinajstić information content (AvgIpc) is 1.81. The molecule has 4 aliphatic carbocycles. The third-order valence-electron chi connectivity index (χ3n) is 21.9. The van der Waals surface area contributed by atoms with Crippen molar-refractivity contribution in [2.24, 2.45) is 52.2 Å². The number of piperidine rings is 4. The lowest BCUT2D eigenvalue weighted by Gasteiger charge is -2.38. The number of rotatable bonds is 24. The van der Waals surface area contributed by atoms with Crippen molar-refractivity contribution in [2.45, 2.75) is 185 Å².